The molecule has 1 aromatic carbocycles. The first-order valence-corrected chi connectivity index (χ1v) is 16.1. The Kier molecular flexibility index (Phi) is 8.46. The first-order valence-electron chi connectivity index (χ1n) is 16.1. The van der Waals surface area contributed by atoms with E-state index >= 15 is 0 Å². The van der Waals surface area contributed by atoms with Crippen molar-refractivity contribution in [2.24, 2.45) is 28.6 Å². The summed E-state index contributed by atoms with van der Waals surface area (Å²) in [5.74, 6) is 0.891. The maximum Gasteiger partial charge on any atom is 0.178 e. The van der Waals surface area contributed by atoms with E-state index in [0.29, 0.717) is 18.3 Å². The van der Waals surface area contributed by atoms with E-state index in [-0.39, 0.29) is 34.9 Å². The van der Waals surface area contributed by atoms with Crippen LogP contribution in [0, 0.1) is 28.6 Å². The number of hydrogen-bond acceptors (Lipinski definition) is 5. The number of ketones is 1. The fourth-order valence-electron chi connectivity index (χ4n) is 9.48. The average Bonchev–Trinajstić information content (AvgIpc) is 3.45. The molecule has 3 saturated carbocycles. The predicted molar refractivity (Wildman–Crippen MR) is 166 cm³/mol. The number of aliphatic hydroxyl groups excluding tert-OH is 1. The fraction of sp³-hybridized carbons (Fsp3) is 0.639. The Balaban J connectivity index is 0.00000165. The number of rotatable bonds is 7. The molecular formula is C36H51NO4. The number of hydrogen-bond donors (Lipinski definition) is 2. The lowest BCUT2D eigenvalue weighted by Crippen LogP contribution is -2.61. The van der Waals surface area contributed by atoms with E-state index in [1.165, 1.54) is 11.1 Å². The van der Waals surface area contributed by atoms with Gasteiger partial charge in [-0.05, 0) is 92.2 Å². The van der Waals surface area contributed by atoms with E-state index < -0.39 is 11.7 Å². The van der Waals surface area contributed by atoms with Gasteiger partial charge in [0.05, 0.1) is 12.2 Å². The maximum atomic E-state index is 12.2. The lowest BCUT2D eigenvalue weighted by Gasteiger charge is -2.60. The molecule has 5 aliphatic rings. The van der Waals surface area contributed by atoms with Gasteiger partial charge in [0.1, 0.15) is 5.60 Å². The van der Waals surface area contributed by atoms with Crippen molar-refractivity contribution in [2.45, 2.75) is 110 Å². The molecule has 224 valence electrons. The number of anilines is 1. The van der Waals surface area contributed by atoms with Crippen LogP contribution in [0.25, 0.3) is 0 Å². The highest BCUT2D eigenvalue weighted by molar-refractivity contribution is 6.01. The van der Waals surface area contributed by atoms with E-state index in [2.05, 4.69) is 56.4 Å². The van der Waals surface area contributed by atoms with Crippen molar-refractivity contribution in [2.75, 3.05) is 12.4 Å². The Labute approximate surface area is 247 Å². The molecule has 0 bridgehead atoms. The number of carbonyl (C=O) groups excluding carboxylic acids is 1. The molecule has 1 saturated heterocycles. The molecule has 0 spiro atoms. The zero-order chi connectivity index (χ0) is 29.6. The topological polar surface area (TPSA) is 67.8 Å². The van der Waals surface area contributed by atoms with Gasteiger partial charge in [0.15, 0.2) is 12.1 Å². The van der Waals surface area contributed by atoms with E-state index in [1.54, 1.807) is 6.08 Å². The lowest BCUT2D eigenvalue weighted by atomic mass is 9.46. The van der Waals surface area contributed by atoms with Gasteiger partial charge >= 0.3 is 0 Å². The minimum Gasteiger partial charge on any atom is -0.393 e. The number of aryl methyl sites for hydroxylation is 1. The highest BCUT2D eigenvalue weighted by Gasteiger charge is 2.73. The number of fused-ring (bicyclic) bond motifs is 7. The summed E-state index contributed by atoms with van der Waals surface area (Å²) >= 11 is 0. The summed E-state index contributed by atoms with van der Waals surface area (Å²) in [5, 5.41) is 15.1. The van der Waals surface area contributed by atoms with Gasteiger partial charge in [0, 0.05) is 29.5 Å². The Hall–Kier alpha value is -2.21. The van der Waals surface area contributed by atoms with Crippen LogP contribution < -0.4 is 5.32 Å². The van der Waals surface area contributed by atoms with Crippen LogP contribution in [0.3, 0.4) is 0 Å². The van der Waals surface area contributed by atoms with Crippen molar-refractivity contribution in [3.05, 3.63) is 65.8 Å². The fourth-order valence-corrected chi connectivity index (χ4v) is 9.48. The van der Waals surface area contributed by atoms with E-state index in [4.69, 9.17) is 16.1 Å². The normalized spacial score (nSPS) is 40.4. The Morgan fingerprint density at radius 2 is 1.93 bits per heavy atom. The van der Waals surface area contributed by atoms with Crippen LogP contribution in [-0.4, -0.2) is 42.0 Å². The third kappa shape index (κ3) is 4.67. The van der Waals surface area contributed by atoms with Gasteiger partial charge in [-0.3, -0.25) is 4.79 Å². The molecule has 9 atom stereocenters. The van der Waals surface area contributed by atoms with Crippen LogP contribution in [0.2, 0.25) is 0 Å². The number of ether oxygens (including phenoxy) is 2. The summed E-state index contributed by atoms with van der Waals surface area (Å²) < 4.78 is 13.7. The summed E-state index contributed by atoms with van der Waals surface area (Å²) in [4.78, 5) is 12.2. The van der Waals surface area contributed by atoms with Crippen molar-refractivity contribution in [1.82, 2.24) is 0 Å². The highest BCUT2D eigenvalue weighted by Crippen LogP contribution is 2.71. The molecule has 4 fully saturated rings. The minimum atomic E-state index is -0.593. The van der Waals surface area contributed by atoms with E-state index in [1.807, 2.05) is 27.0 Å². The molecule has 0 aromatic heterocycles. The van der Waals surface area contributed by atoms with E-state index in [9.17, 15) is 9.90 Å². The monoisotopic (exact) mass is 561 g/mol. The number of nitrogens with one attached hydrogen (secondary N) is 1. The average molecular weight is 562 g/mol. The standard InChI is InChI=1S/C34H45NO4.C2H6/c1-6-7-30-38-29-19-27-26-15-12-23-18-25(36)16-17-32(23,3)31(26)28(37)20-33(27,4)34(29,39-30)21(2)8-9-22-10-13-24(35-5)14-11-22;1-2/h10-11,13-14,16-18,26-31,35,37H,2,6-9,12,15,19-20H2,1,3-5H3;1-2H3. The second-order valence-electron chi connectivity index (χ2n) is 13.2. The molecule has 5 heteroatoms. The largest absolute Gasteiger partial charge is 0.393 e. The highest BCUT2D eigenvalue weighted by atomic mass is 16.7. The van der Waals surface area contributed by atoms with Crippen molar-refractivity contribution < 1.29 is 19.4 Å². The van der Waals surface area contributed by atoms with Gasteiger partial charge in [-0.2, -0.15) is 0 Å². The zero-order valence-corrected chi connectivity index (χ0v) is 26.0. The van der Waals surface area contributed by atoms with Gasteiger partial charge in [-0.15, -0.1) is 0 Å². The van der Waals surface area contributed by atoms with Crippen molar-refractivity contribution >= 4 is 11.5 Å². The molecule has 1 heterocycles. The van der Waals surface area contributed by atoms with Gasteiger partial charge in [0.2, 0.25) is 0 Å². The van der Waals surface area contributed by atoms with Crippen LogP contribution >= 0.6 is 0 Å². The molecular weight excluding hydrogens is 510 g/mol. The van der Waals surface area contributed by atoms with Crippen molar-refractivity contribution in [1.29, 1.82) is 0 Å². The van der Waals surface area contributed by atoms with Gasteiger partial charge in [0.25, 0.3) is 0 Å². The van der Waals surface area contributed by atoms with Crippen LogP contribution in [0.15, 0.2) is 60.2 Å². The van der Waals surface area contributed by atoms with Crippen molar-refractivity contribution in [3.8, 4) is 0 Å². The summed E-state index contributed by atoms with van der Waals surface area (Å²) in [6.07, 6.45) is 12.0. The number of benzene rings is 1. The summed E-state index contributed by atoms with van der Waals surface area (Å²) in [5.41, 5.74) is 3.57. The zero-order valence-electron chi connectivity index (χ0n) is 26.0. The molecule has 4 aliphatic carbocycles. The van der Waals surface area contributed by atoms with Gasteiger partial charge < -0.3 is 19.9 Å². The van der Waals surface area contributed by atoms with Gasteiger partial charge in [-0.1, -0.05) is 71.4 Å². The Bertz CT molecular complexity index is 1200. The number of allylic oxidation sites excluding steroid dienone is 4. The van der Waals surface area contributed by atoms with Crippen LogP contribution in [0.5, 0.6) is 0 Å². The molecule has 0 radical (unpaired) electrons. The molecule has 1 aromatic rings. The third-order valence-corrected chi connectivity index (χ3v) is 11.3. The Morgan fingerprint density at radius 3 is 2.61 bits per heavy atom. The SMILES string of the molecule is C=C(CCc1ccc(NC)cc1)C12OC(CCC)OC1CC1C3CCC4=CC(=O)C=CC4(C)C3C(O)CC12C.CC. The number of carbonyl (C=O) groups is 1. The number of aliphatic hydroxyl groups is 1. The van der Waals surface area contributed by atoms with Crippen LogP contribution in [0.4, 0.5) is 5.69 Å². The summed E-state index contributed by atoms with van der Waals surface area (Å²) in [6, 6.07) is 8.61. The molecule has 2 N–H and O–H groups in total. The third-order valence-electron chi connectivity index (χ3n) is 11.3. The smallest absolute Gasteiger partial charge is 0.178 e. The van der Waals surface area contributed by atoms with E-state index in [0.717, 1.165) is 56.2 Å². The first kappa shape index (κ1) is 30.3. The van der Waals surface area contributed by atoms with Crippen LogP contribution in [-0.2, 0) is 20.7 Å². The van der Waals surface area contributed by atoms with Crippen LogP contribution in [0.1, 0.15) is 85.1 Å². The molecule has 5 nitrogen and oxygen atoms in total. The Morgan fingerprint density at radius 1 is 1.20 bits per heavy atom. The summed E-state index contributed by atoms with van der Waals surface area (Å²) in [7, 11) is 1.94. The molecule has 41 heavy (non-hydrogen) atoms. The second-order valence-corrected chi connectivity index (χ2v) is 13.2. The lowest BCUT2D eigenvalue weighted by molar-refractivity contribution is -0.185. The maximum absolute atomic E-state index is 12.2. The minimum absolute atomic E-state index is 0.0395. The molecule has 9 unspecified atom stereocenters. The van der Waals surface area contributed by atoms with Crippen molar-refractivity contribution in [3.63, 3.8) is 0 Å². The molecule has 6 rings (SSSR count). The van der Waals surface area contributed by atoms with Gasteiger partial charge in [-0.25, -0.2) is 0 Å². The first-order chi connectivity index (χ1) is 19.7. The second kappa shape index (κ2) is 11.5. The quantitative estimate of drug-likeness (QED) is 0.339. The molecule has 0 amide bonds. The summed E-state index contributed by atoms with van der Waals surface area (Å²) in [6.45, 7) is 15.5. The predicted octanol–water partition coefficient (Wildman–Crippen LogP) is 7.41. The molecule has 1 aliphatic heterocycles.